The molecule has 2 unspecified atom stereocenters. The van der Waals surface area contributed by atoms with Gasteiger partial charge in [-0.2, -0.15) is 0 Å². The third-order valence-corrected chi connectivity index (χ3v) is 3.80. The normalized spacial score (nSPS) is 24.2. The number of piperidine rings is 1. The largest absolute Gasteiger partial charge is 0.444 e. The Labute approximate surface area is 129 Å². The lowest BCUT2D eigenvalue weighted by Crippen LogP contribution is -2.49. The number of allylic oxidation sites excluding steroid dienone is 4. The molecule has 2 atom stereocenters. The zero-order valence-electron chi connectivity index (χ0n) is 14.1. The van der Waals surface area contributed by atoms with Gasteiger partial charge in [0.15, 0.2) is 0 Å². The number of ether oxygens (including phenoxy) is 1. The predicted octanol–water partition coefficient (Wildman–Crippen LogP) is 4.71. The molecule has 1 saturated heterocycles. The van der Waals surface area contributed by atoms with Gasteiger partial charge < -0.3 is 9.64 Å². The Morgan fingerprint density at radius 1 is 1.38 bits per heavy atom. The van der Waals surface area contributed by atoms with Gasteiger partial charge in [0.05, 0.1) is 0 Å². The number of rotatable bonds is 3. The van der Waals surface area contributed by atoms with Crippen molar-refractivity contribution >= 4 is 6.09 Å². The summed E-state index contributed by atoms with van der Waals surface area (Å²) in [6.07, 6.45) is 9.85. The molecular weight excluding hydrogens is 262 g/mol. The summed E-state index contributed by atoms with van der Waals surface area (Å²) in [7, 11) is 0. The van der Waals surface area contributed by atoms with Crippen molar-refractivity contribution in [1.29, 1.82) is 0 Å². The van der Waals surface area contributed by atoms with E-state index in [1.54, 1.807) is 6.08 Å². The van der Waals surface area contributed by atoms with Crippen molar-refractivity contribution in [1.82, 2.24) is 4.90 Å². The minimum atomic E-state index is -0.448. The standard InChI is InChI=1S/C18H29NO2/c1-7-9-11-15(8-2)16-12-10-13-19(14(16)3)17(20)21-18(4,5)6/h7-9,11,14,16H,1,10,12-13H2,2-6H3/b11-9-,15-8+. The average Bonchev–Trinajstić information content (AvgIpc) is 2.39. The third-order valence-electron chi connectivity index (χ3n) is 3.80. The lowest BCUT2D eigenvalue weighted by Gasteiger charge is -2.40. The summed E-state index contributed by atoms with van der Waals surface area (Å²) in [6, 6.07) is 0.147. The number of hydrogen-bond donors (Lipinski definition) is 0. The molecule has 0 N–H and O–H groups in total. The molecule has 118 valence electrons. The molecule has 0 saturated carbocycles. The van der Waals surface area contributed by atoms with Crippen LogP contribution in [0, 0.1) is 5.92 Å². The van der Waals surface area contributed by atoms with Crippen LogP contribution in [-0.4, -0.2) is 29.2 Å². The van der Waals surface area contributed by atoms with E-state index in [1.807, 2.05) is 38.7 Å². The summed E-state index contributed by atoms with van der Waals surface area (Å²) in [5, 5.41) is 0. The molecule has 1 amide bonds. The van der Waals surface area contributed by atoms with Gasteiger partial charge in [-0.25, -0.2) is 4.79 Å². The Balaban J connectivity index is 2.85. The fourth-order valence-corrected chi connectivity index (χ4v) is 2.78. The Kier molecular flexibility index (Phi) is 6.25. The minimum absolute atomic E-state index is 0.147. The minimum Gasteiger partial charge on any atom is -0.444 e. The molecule has 0 aromatic heterocycles. The molecule has 0 aromatic carbocycles. The summed E-state index contributed by atoms with van der Waals surface area (Å²) < 4.78 is 5.52. The van der Waals surface area contributed by atoms with Crippen LogP contribution in [0.15, 0.2) is 36.5 Å². The van der Waals surface area contributed by atoms with E-state index in [-0.39, 0.29) is 12.1 Å². The predicted molar refractivity (Wildman–Crippen MR) is 88.2 cm³/mol. The molecule has 1 rings (SSSR count). The van der Waals surface area contributed by atoms with Gasteiger partial charge in [-0.1, -0.05) is 30.9 Å². The second kappa shape index (κ2) is 7.48. The molecule has 3 heteroatoms. The molecule has 0 aliphatic carbocycles. The van der Waals surface area contributed by atoms with Gasteiger partial charge in [-0.05, 0) is 53.0 Å². The molecule has 0 radical (unpaired) electrons. The summed E-state index contributed by atoms with van der Waals surface area (Å²) in [5.41, 5.74) is 0.811. The SMILES string of the molecule is C=C/C=C\C(=C/C)C1CCCN(C(=O)OC(C)(C)C)C1C. The van der Waals surface area contributed by atoms with Crippen LogP contribution in [0.3, 0.4) is 0 Å². The Hall–Kier alpha value is -1.51. The van der Waals surface area contributed by atoms with Crippen molar-refractivity contribution in [2.45, 2.75) is 59.1 Å². The van der Waals surface area contributed by atoms with Crippen LogP contribution in [0.4, 0.5) is 4.79 Å². The second-order valence-electron chi connectivity index (χ2n) is 6.55. The zero-order chi connectivity index (χ0) is 16.0. The van der Waals surface area contributed by atoms with Crippen molar-refractivity contribution in [2.75, 3.05) is 6.54 Å². The van der Waals surface area contributed by atoms with Gasteiger partial charge in [0.2, 0.25) is 0 Å². The van der Waals surface area contributed by atoms with Gasteiger partial charge in [0.1, 0.15) is 5.60 Å². The van der Waals surface area contributed by atoms with Crippen LogP contribution in [-0.2, 0) is 4.74 Å². The molecule has 0 aromatic rings. The van der Waals surface area contributed by atoms with Crippen LogP contribution in [0.1, 0.15) is 47.5 Å². The number of hydrogen-bond acceptors (Lipinski definition) is 2. The van der Waals surface area contributed by atoms with E-state index in [0.717, 1.165) is 19.4 Å². The van der Waals surface area contributed by atoms with Crippen LogP contribution < -0.4 is 0 Å². The first kappa shape index (κ1) is 17.5. The quantitative estimate of drug-likeness (QED) is 0.705. The summed E-state index contributed by atoms with van der Waals surface area (Å²) in [5.74, 6) is 0.354. The van der Waals surface area contributed by atoms with Gasteiger partial charge in [-0.3, -0.25) is 0 Å². The molecule has 1 aliphatic rings. The molecule has 1 aliphatic heterocycles. The van der Waals surface area contributed by atoms with E-state index in [0.29, 0.717) is 5.92 Å². The van der Waals surface area contributed by atoms with E-state index in [9.17, 15) is 4.79 Å². The Morgan fingerprint density at radius 2 is 2.05 bits per heavy atom. The number of carbonyl (C=O) groups excluding carboxylic acids is 1. The number of amides is 1. The topological polar surface area (TPSA) is 29.5 Å². The van der Waals surface area contributed by atoms with Crippen molar-refractivity contribution in [3.8, 4) is 0 Å². The highest BCUT2D eigenvalue weighted by Gasteiger charge is 2.34. The molecule has 0 bridgehead atoms. The van der Waals surface area contributed by atoms with Crippen LogP contribution in [0.5, 0.6) is 0 Å². The maximum atomic E-state index is 12.3. The number of nitrogens with zero attached hydrogens (tertiary/aromatic N) is 1. The molecule has 1 fully saturated rings. The fourth-order valence-electron chi connectivity index (χ4n) is 2.78. The van der Waals surface area contributed by atoms with E-state index in [1.165, 1.54) is 5.57 Å². The van der Waals surface area contributed by atoms with Gasteiger partial charge in [0, 0.05) is 18.5 Å². The van der Waals surface area contributed by atoms with Gasteiger partial charge >= 0.3 is 6.09 Å². The summed E-state index contributed by atoms with van der Waals surface area (Å²) >= 11 is 0. The van der Waals surface area contributed by atoms with Crippen molar-refractivity contribution in [3.05, 3.63) is 36.5 Å². The lowest BCUT2D eigenvalue weighted by atomic mass is 9.83. The Morgan fingerprint density at radius 3 is 2.57 bits per heavy atom. The maximum absolute atomic E-state index is 12.3. The van der Waals surface area contributed by atoms with E-state index < -0.39 is 5.60 Å². The average molecular weight is 291 g/mol. The highest BCUT2D eigenvalue weighted by atomic mass is 16.6. The van der Waals surface area contributed by atoms with Crippen LogP contribution in [0.2, 0.25) is 0 Å². The number of carbonyl (C=O) groups is 1. The van der Waals surface area contributed by atoms with Gasteiger partial charge in [-0.15, -0.1) is 0 Å². The molecule has 3 nitrogen and oxygen atoms in total. The molecular formula is C18H29NO2. The monoisotopic (exact) mass is 291 g/mol. The molecule has 21 heavy (non-hydrogen) atoms. The molecule has 0 spiro atoms. The summed E-state index contributed by atoms with van der Waals surface area (Å²) in [6.45, 7) is 14.4. The van der Waals surface area contributed by atoms with Crippen molar-refractivity contribution in [2.24, 2.45) is 5.92 Å². The first-order valence-electron chi connectivity index (χ1n) is 7.75. The Bertz CT molecular complexity index is 429. The summed E-state index contributed by atoms with van der Waals surface area (Å²) in [4.78, 5) is 14.2. The first-order valence-corrected chi connectivity index (χ1v) is 7.75. The smallest absolute Gasteiger partial charge is 0.410 e. The van der Waals surface area contributed by atoms with Crippen molar-refractivity contribution in [3.63, 3.8) is 0 Å². The fraction of sp³-hybridized carbons (Fsp3) is 0.611. The highest BCUT2D eigenvalue weighted by Crippen LogP contribution is 2.31. The highest BCUT2D eigenvalue weighted by molar-refractivity contribution is 5.68. The second-order valence-corrected chi connectivity index (χ2v) is 6.55. The number of likely N-dealkylation sites (tertiary alicyclic amines) is 1. The van der Waals surface area contributed by atoms with Crippen molar-refractivity contribution < 1.29 is 9.53 Å². The van der Waals surface area contributed by atoms with E-state index in [2.05, 4.69) is 25.7 Å². The van der Waals surface area contributed by atoms with Gasteiger partial charge in [0.25, 0.3) is 0 Å². The zero-order valence-corrected chi connectivity index (χ0v) is 14.1. The first-order chi connectivity index (χ1) is 9.80. The molecule has 1 heterocycles. The maximum Gasteiger partial charge on any atom is 0.410 e. The van der Waals surface area contributed by atoms with Crippen LogP contribution >= 0.6 is 0 Å². The van der Waals surface area contributed by atoms with E-state index in [4.69, 9.17) is 4.74 Å². The van der Waals surface area contributed by atoms with E-state index >= 15 is 0 Å². The van der Waals surface area contributed by atoms with Crippen LogP contribution in [0.25, 0.3) is 0 Å². The lowest BCUT2D eigenvalue weighted by molar-refractivity contribution is 0.00627. The third kappa shape index (κ3) is 5.07.